The van der Waals surface area contributed by atoms with Gasteiger partial charge in [-0.05, 0) is 157 Å². The van der Waals surface area contributed by atoms with Crippen LogP contribution < -0.4 is 20.4 Å². The molecule has 0 aliphatic carbocycles. The largest absolute Gasteiger partial charge is 0.341 e. The molecule has 65 heavy (non-hydrogen) atoms. The number of fused-ring (bicyclic) bond motifs is 2. The van der Waals surface area contributed by atoms with Gasteiger partial charge in [-0.1, -0.05) is 47.5 Å². The van der Waals surface area contributed by atoms with Gasteiger partial charge in [-0.15, -0.1) is 0 Å². The van der Waals surface area contributed by atoms with E-state index in [1.807, 2.05) is 74.5 Å². The summed E-state index contributed by atoms with van der Waals surface area (Å²) in [5.41, 5.74) is 6.89. The van der Waals surface area contributed by atoms with Crippen LogP contribution in [0.4, 0.5) is 23.3 Å². The van der Waals surface area contributed by atoms with E-state index in [9.17, 15) is 9.59 Å². The molecule has 0 bridgehead atoms. The van der Waals surface area contributed by atoms with E-state index in [0.717, 1.165) is 108 Å². The summed E-state index contributed by atoms with van der Waals surface area (Å²) in [6.07, 6.45) is 12.7. The molecule has 2 amide bonds. The van der Waals surface area contributed by atoms with Crippen LogP contribution in [-0.2, 0) is 9.59 Å². The van der Waals surface area contributed by atoms with Crippen molar-refractivity contribution in [3.8, 4) is 0 Å². The minimum atomic E-state index is -0.196. The van der Waals surface area contributed by atoms with Crippen LogP contribution in [0.3, 0.4) is 0 Å². The van der Waals surface area contributed by atoms with Gasteiger partial charge in [-0.25, -0.2) is 19.9 Å². The van der Waals surface area contributed by atoms with Gasteiger partial charge < -0.3 is 30.2 Å². The molecule has 3 fully saturated rings. The average Bonchev–Trinajstić information content (AvgIpc) is 3.77. The van der Waals surface area contributed by atoms with E-state index in [1.54, 1.807) is 36.4 Å². The van der Waals surface area contributed by atoms with Crippen molar-refractivity contribution in [1.82, 2.24) is 29.7 Å². The quantitative estimate of drug-likeness (QED) is 0.136. The van der Waals surface area contributed by atoms with Crippen LogP contribution in [0, 0.1) is 13.8 Å². The first-order valence-corrected chi connectivity index (χ1v) is 23.3. The number of carbonyl (C=O) groups excluding carboxylic acids is 2. The molecule has 3 saturated heterocycles. The molecule has 336 valence electrons. The maximum absolute atomic E-state index is 12.4. The summed E-state index contributed by atoms with van der Waals surface area (Å²) in [5, 5.41) is 9.07. The molecule has 2 aromatic heterocycles. The molecule has 4 aromatic carbocycles. The van der Waals surface area contributed by atoms with E-state index < -0.39 is 0 Å². The number of amides is 2. The van der Waals surface area contributed by atoms with E-state index in [-0.39, 0.29) is 11.8 Å². The standard InChI is InChI=1S/C27H30ClN5O.C24H26ClN5O/c1-19-24-18-22(30-26(34)11-6-20-4-7-21(28)8-5-20)9-10-25(24)31-27(29-19)33-16-12-23(13-17-33)32-14-2-3-15-32;1-17-21-16-20(27-23(31)11-6-18-4-7-19(25)8-5-18)9-10-22(21)28-24(26-17)30-13-3-12-29(2)14-15-30/h4-11,18,23H,2-3,12-17H2,1H3,(H,30,34);4-11,16H,3,12-15H2,1-2H3,(H,27,31). The van der Waals surface area contributed by atoms with Crippen LogP contribution in [0.2, 0.25) is 10.0 Å². The predicted octanol–water partition coefficient (Wildman–Crippen LogP) is 9.69. The Hall–Kier alpha value is -5.92. The third-order valence-corrected chi connectivity index (χ3v) is 12.8. The van der Waals surface area contributed by atoms with Gasteiger partial charge >= 0.3 is 0 Å². The number of hydrogen-bond donors (Lipinski definition) is 2. The van der Waals surface area contributed by atoms with Crippen molar-refractivity contribution >= 4 is 92.2 Å². The topological polar surface area (TPSA) is 123 Å². The number of nitrogens with one attached hydrogen (secondary N) is 2. The molecule has 9 rings (SSSR count). The maximum atomic E-state index is 12.4. The number of carbonyl (C=O) groups is 2. The third kappa shape index (κ3) is 12.3. The van der Waals surface area contributed by atoms with Crippen LogP contribution in [0.1, 0.15) is 54.6 Å². The molecule has 6 aromatic rings. The highest BCUT2D eigenvalue weighted by Crippen LogP contribution is 2.28. The van der Waals surface area contributed by atoms with Gasteiger partial charge in [-0.3, -0.25) is 9.59 Å². The summed E-state index contributed by atoms with van der Waals surface area (Å²) in [7, 11) is 2.15. The Kier molecular flexibility index (Phi) is 15.0. The molecular formula is C51H56Cl2N10O2. The Labute approximate surface area is 391 Å². The Bertz CT molecular complexity index is 2680. The van der Waals surface area contributed by atoms with Gasteiger partial charge in [0, 0.05) is 83.1 Å². The number of likely N-dealkylation sites (N-methyl/N-ethyl adjacent to an activating group) is 1. The number of halogens is 2. The van der Waals surface area contributed by atoms with Crippen molar-refractivity contribution < 1.29 is 9.59 Å². The molecular weight excluding hydrogens is 856 g/mol. The number of nitrogens with zero attached hydrogens (tertiary/aromatic N) is 8. The van der Waals surface area contributed by atoms with Gasteiger partial charge in [-0.2, -0.15) is 0 Å². The van der Waals surface area contributed by atoms with E-state index >= 15 is 0 Å². The van der Waals surface area contributed by atoms with Crippen molar-refractivity contribution in [3.63, 3.8) is 0 Å². The summed E-state index contributed by atoms with van der Waals surface area (Å²) in [4.78, 5) is 53.5. The Morgan fingerprint density at radius 1 is 0.569 bits per heavy atom. The predicted molar refractivity (Wildman–Crippen MR) is 267 cm³/mol. The smallest absolute Gasteiger partial charge is 0.248 e. The first-order valence-electron chi connectivity index (χ1n) is 22.5. The Morgan fingerprint density at radius 2 is 1.05 bits per heavy atom. The number of aromatic nitrogens is 4. The SMILES string of the molecule is Cc1nc(N2CCC(N3CCCC3)CC2)nc2ccc(NC(=O)C=Cc3ccc(Cl)cc3)cc12.Cc1nc(N2CCCN(C)CC2)nc2ccc(NC(=O)C=Cc3ccc(Cl)cc3)cc12. The lowest BCUT2D eigenvalue weighted by atomic mass is 10.0. The van der Waals surface area contributed by atoms with Crippen molar-refractivity contribution in [3.05, 3.63) is 130 Å². The summed E-state index contributed by atoms with van der Waals surface area (Å²) in [6, 6.07) is 26.9. The summed E-state index contributed by atoms with van der Waals surface area (Å²) in [6.45, 7) is 12.5. The number of likely N-dealkylation sites (tertiary alicyclic amines) is 1. The van der Waals surface area contributed by atoms with Crippen LogP contribution in [0.25, 0.3) is 34.0 Å². The molecule has 5 heterocycles. The van der Waals surface area contributed by atoms with Crippen molar-refractivity contribution in [2.24, 2.45) is 0 Å². The van der Waals surface area contributed by atoms with E-state index in [4.69, 9.17) is 43.1 Å². The summed E-state index contributed by atoms with van der Waals surface area (Å²) in [5.74, 6) is 1.21. The van der Waals surface area contributed by atoms with Crippen molar-refractivity contribution in [2.75, 3.05) is 79.8 Å². The first kappa shape index (κ1) is 45.6. The molecule has 3 aliphatic heterocycles. The zero-order valence-electron chi connectivity index (χ0n) is 37.3. The van der Waals surface area contributed by atoms with Gasteiger partial charge in [0.1, 0.15) is 0 Å². The van der Waals surface area contributed by atoms with Crippen LogP contribution in [0.15, 0.2) is 97.1 Å². The molecule has 3 aliphatic rings. The van der Waals surface area contributed by atoms with Crippen molar-refractivity contribution in [1.29, 1.82) is 0 Å². The molecule has 2 N–H and O–H groups in total. The fraction of sp³-hybridized carbons (Fsp3) is 0.333. The van der Waals surface area contributed by atoms with Gasteiger partial charge in [0.05, 0.1) is 22.4 Å². The van der Waals surface area contributed by atoms with E-state index in [1.165, 1.54) is 50.9 Å². The maximum Gasteiger partial charge on any atom is 0.248 e. The fourth-order valence-electron chi connectivity index (χ4n) is 8.61. The van der Waals surface area contributed by atoms with Crippen LogP contribution in [0.5, 0.6) is 0 Å². The number of piperidine rings is 1. The number of anilines is 4. The number of benzene rings is 4. The van der Waals surface area contributed by atoms with E-state index in [2.05, 4.69) is 37.3 Å². The number of aryl methyl sites for hydroxylation is 2. The number of hydrogen-bond acceptors (Lipinski definition) is 10. The Balaban J connectivity index is 0.000000178. The highest BCUT2D eigenvalue weighted by Gasteiger charge is 2.27. The summed E-state index contributed by atoms with van der Waals surface area (Å²) < 4.78 is 0. The van der Waals surface area contributed by atoms with Gasteiger partial charge in [0.15, 0.2) is 0 Å². The minimum absolute atomic E-state index is 0.189. The second-order valence-corrected chi connectivity index (χ2v) is 17.9. The second kappa shape index (κ2) is 21.4. The molecule has 14 heteroatoms. The third-order valence-electron chi connectivity index (χ3n) is 12.3. The van der Waals surface area contributed by atoms with Crippen LogP contribution >= 0.6 is 23.2 Å². The normalized spacial score (nSPS) is 16.6. The Morgan fingerprint density at radius 3 is 1.54 bits per heavy atom. The highest BCUT2D eigenvalue weighted by molar-refractivity contribution is 6.30. The fourth-order valence-corrected chi connectivity index (χ4v) is 8.87. The molecule has 12 nitrogen and oxygen atoms in total. The monoisotopic (exact) mass is 910 g/mol. The zero-order chi connectivity index (χ0) is 45.3. The molecule has 0 unspecified atom stereocenters. The molecule has 0 atom stereocenters. The summed E-state index contributed by atoms with van der Waals surface area (Å²) >= 11 is 11.8. The molecule has 0 saturated carbocycles. The van der Waals surface area contributed by atoms with Crippen molar-refractivity contribution in [2.45, 2.75) is 52.0 Å². The van der Waals surface area contributed by atoms with Gasteiger partial charge in [0.2, 0.25) is 23.7 Å². The number of rotatable bonds is 9. The van der Waals surface area contributed by atoms with Gasteiger partial charge in [0.25, 0.3) is 0 Å². The zero-order valence-corrected chi connectivity index (χ0v) is 38.8. The van der Waals surface area contributed by atoms with Crippen LogP contribution in [-0.4, -0.2) is 107 Å². The average molecular weight is 912 g/mol. The lowest BCUT2D eigenvalue weighted by Crippen LogP contribution is -2.44. The van der Waals surface area contributed by atoms with E-state index in [0.29, 0.717) is 21.8 Å². The molecule has 0 radical (unpaired) electrons. The highest BCUT2D eigenvalue weighted by atomic mass is 35.5. The first-order chi connectivity index (χ1) is 31.5. The molecule has 0 spiro atoms. The minimum Gasteiger partial charge on any atom is -0.341 e. The second-order valence-electron chi connectivity index (χ2n) is 17.0. The lowest BCUT2D eigenvalue weighted by Gasteiger charge is -2.36. The lowest BCUT2D eigenvalue weighted by molar-refractivity contribution is -0.112.